The van der Waals surface area contributed by atoms with E-state index in [9.17, 15) is 0 Å². The lowest BCUT2D eigenvalue weighted by Crippen LogP contribution is -2.32. The maximum atomic E-state index is 6.19. The van der Waals surface area contributed by atoms with E-state index in [2.05, 4.69) is 20.2 Å². The molecule has 7 heteroatoms. The summed E-state index contributed by atoms with van der Waals surface area (Å²) in [5.74, 6) is 0.734. The third-order valence-electron chi connectivity index (χ3n) is 4.55. The predicted molar refractivity (Wildman–Crippen MR) is 87.5 cm³/mol. The van der Waals surface area contributed by atoms with Gasteiger partial charge >= 0.3 is 0 Å². The standard InChI is InChI=1S/C17H26N4O3/c1-17(2,3)24-16-15(23-16)21-7-5-11(9-21)22-14-12-8-18-6-4-13(12)19-10-20-14/h10-11,15-16,18H,4-9H2,1-3H3. The van der Waals surface area contributed by atoms with Crippen LogP contribution in [0.25, 0.3) is 0 Å². The van der Waals surface area contributed by atoms with Crippen LogP contribution in [0.5, 0.6) is 5.88 Å². The highest BCUT2D eigenvalue weighted by molar-refractivity contribution is 5.31. The van der Waals surface area contributed by atoms with Gasteiger partial charge in [0.1, 0.15) is 12.4 Å². The summed E-state index contributed by atoms with van der Waals surface area (Å²) in [5, 5.41) is 3.36. The monoisotopic (exact) mass is 334 g/mol. The van der Waals surface area contributed by atoms with Gasteiger partial charge in [0.05, 0.1) is 11.3 Å². The number of hydrogen-bond donors (Lipinski definition) is 1. The number of aromatic nitrogens is 2. The maximum Gasteiger partial charge on any atom is 0.221 e. The van der Waals surface area contributed by atoms with Crippen molar-refractivity contribution in [2.24, 2.45) is 0 Å². The number of nitrogens with one attached hydrogen (secondary N) is 1. The molecule has 1 N–H and O–H groups in total. The largest absolute Gasteiger partial charge is 0.473 e. The van der Waals surface area contributed by atoms with Crippen molar-refractivity contribution in [3.05, 3.63) is 17.6 Å². The minimum atomic E-state index is -0.179. The zero-order valence-corrected chi connectivity index (χ0v) is 14.6. The Bertz CT molecular complexity index is 604. The van der Waals surface area contributed by atoms with Crippen molar-refractivity contribution in [3.8, 4) is 5.88 Å². The van der Waals surface area contributed by atoms with Crippen LogP contribution in [0.1, 0.15) is 38.4 Å². The first-order valence-electron chi connectivity index (χ1n) is 8.77. The summed E-state index contributed by atoms with van der Waals surface area (Å²) in [5.41, 5.74) is 2.04. The van der Waals surface area contributed by atoms with Crippen molar-refractivity contribution < 1.29 is 14.2 Å². The average molecular weight is 334 g/mol. The molecule has 0 spiro atoms. The minimum absolute atomic E-state index is 0.0683. The van der Waals surface area contributed by atoms with Crippen LogP contribution in [-0.2, 0) is 22.4 Å². The summed E-state index contributed by atoms with van der Waals surface area (Å²) in [6.45, 7) is 9.71. The molecule has 0 saturated carbocycles. The number of nitrogens with zero attached hydrogens (tertiary/aromatic N) is 3. The smallest absolute Gasteiger partial charge is 0.221 e. The van der Waals surface area contributed by atoms with E-state index < -0.39 is 0 Å². The minimum Gasteiger partial charge on any atom is -0.473 e. The fourth-order valence-electron chi connectivity index (χ4n) is 3.37. The van der Waals surface area contributed by atoms with Gasteiger partial charge in [0, 0.05) is 38.2 Å². The topological polar surface area (TPSA) is 72.0 Å². The molecular formula is C17H26N4O3. The molecule has 1 aromatic rings. The fraction of sp³-hybridized carbons (Fsp3) is 0.765. The number of hydrogen-bond acceptors (Lipinski definition) is 7. The molecule has 0 radical (unpaired) electrons. The lowest BCUT2D eigenvalue weighted by Gasteiger charge is -2.21. The molecule has 132 valence electrons. The predicted octanol–water partition coefficient (Wildman–Crippen LogP) is 1.07. The summed E-state index contributed by atoms with van der Waals surface area (Å²) in [4.78, 5) is 11.0. The Morgan fingerprint density at radius 3 is 3.04 bits per heavy atom. The Morgan fingerprint density at radius 2 is 2.21 bits per heavy atom. The highest BCUT2D eigenvalue weighted by Crippen LogP contribution is 2.34. The Morgan fingerprint density at radius 1 is 1.33 bits per heavy atom. The second kappa shape index (κ2) is 6.22. The fourth-order valence-corrected chi connectivity index (χ4v) is 3.37. The van der Waals surface area contributed by atoms with Gasteiger partial charge in [-0.3, -0.25) is 4.90 Å². The zero-order valence-electron chi connectivity index (χ0n) is 14.6. The van der Waals surface area contributed by atoms with Crippen LogP contribution in [-0.4, -0.2) is 58.7 Å². The van der Waals surface area contributed by atoms with Crippen LogP contribution in [0.4, 0.5) is 0 Å². The SMILES string of the molecule is CC(C)(C)OC1OC1N1CCC(Oc2ncnc3c2CNCC3)C1. The van der Waals surface area contributed by atoms with Gasteiger partial charge in [-0.2, -0.15) is 0 Å². The van der Waals surface area contributed by atoms with Crippen LogP contribution >= 0.6 is 0 Å². The molecule has 24 heavy (non-hydrogen) atoms. The Labute approximate surface area is 142 Å². The van der Waals surface area contributed by atoms with Gasteiger partial charge in [0.15, 0.2) is 12.5 Å². The van der Waals surface area contributed by atoms with Crippen molar-refractivity contribution in [1.29, 1.82) is 0 Å². The van der Waals surface area contributed by atoms with Gasteiger partial charge in [-0.1, -0.05) is 0 Å². The van der Waals surface area contributed by atoms with E-state index in [0.29, 0.717) is 0 Å². The normalized spacial score (nSPS) is 30.2. The van der Waals surface area contributed by atoms with E-state index >= 15 is 0 Å². The molecule has 3 aliphatic rings. The van der Waals surface area contributed by atoms with Gasteiger partial charge in [-0.05, 0) is 27.2 Å². The molecule has 2 fully saturated rings. The van der Waals surface area contributed by atoms with Gasteiger partial charge in [-0.25, -0.2) is 9.97 Å². The average Bonchev–Trinajstić information content (AvgIpc) is 3.12. The van der Waals surface area contributed by atoms with Crippen molar-refractivity contribution in [3.63, 3.8) is 0 Å². The van der Waals surface area contributed by atoms with Crippen LogP contribution in [0.15, 0.2) is 6.33 Å². The van der Waals surface area contributed by atoms with E-state index in [1.807, 2.05) is 20.8 Å². The van der Waals surface area contributed by atoms with Crippen LogP contribution < -0.4 is 10.1 Å². The highest BCUT2D eigenvalue weighted by atomic mass is 16.8. The molecule has 1 aromatic heterocycles. The molecule has 3 unspecified atom stereocenters. The molecule has 0 bridgehead atoms. The van der Waals surface area contributed by atoms with Gasteiger partial charge in [0.25, 0.3) is 0 Å². The second-order valence-electron chi connectivity index (χ2n) is 7.68. The molecule has 2 saturated heterocycles. The molecule has 4 heterocycles. The Balaban J connectivity index is 1.34. The first-order valence-corrected chi connectivity index (χ1v) is 8.77. The number of fused-ring (bicyclic) bond motifs is 1. The highest BCUT2D eigenvalue weighted by Gasteiger charge is 2.49. The number of rotatable bonds is 4. The summed E-state index contributed by atoms with van der Waals surface area (Å²) >= 11 is 0. The van der Waals surface area contributed by atoms with E-state index in [-0.39, 0.29) is 24.2 Å². The van der Waals surface area contributed by atoms with Crippen molar-refractivity contribution >= 4 is 0 Å². The van der Waals surface area contributed by atoms with Crippen molar-refractivity contribution in [1.82, 2.24) is 20.2 Å². The molecular weight excluding hydrogens is 308 g/mol. The first kappa shape index (κ1) is 16.2. The molecule has 0 aromatic carbocycles. The summed E-state index contributed by atoms with van der Waals surface area (Å²) in [6.07, 6.45) is 3.63. The first-order chi connectivity index (χ1) is 11.5. The van der Waals surface area contributed by atoms with Crippen molar-refractivity contribution in [2.45, 2.75) is 64.4 Å². The Kier molecular flexibility index (Phi) is 4.20. The second-order valence-corrected chi connectivity index (χ2v) is 7.68. The molecule has 3 atom stereocenters. The van der Waals surface area contributed by atoms with E-state index in [0.717, 1.165) is 56.2 Å². The third kappa shape index (κ3) is 3.54. The number of likely N-dealkylation sites (tertiary alicyclic amines) is 1. The lowest BCUT2D eigenvalue weighted by molar-refractivity contribution is -0.0576. The Hall–Kier alpha value is -1.28. The summed E-state index contributed by atoms with van der Waals surface area (Å²) in [6, 6.07) is 0. The molecule has 0 aliphatic carbocycles. The maximum absolute atomic E-state index is 6.19. The van der Waals surface area contributed by atoms with E-state index in [1.54, 1.807) is 6.33 Å². The molecule has 7 nitrogen and oxygen atoms in total. The van der Waals surface area contributed by atoms with E-state index in [1.165, 1.54) is 0 Å². The van der Waals surface area contributed by atoms with E-state index in [4.69, 9.17) is 14.2 Å². The zero-order chi connectivity index (χ0) is 16.7. The van der Waals surface area contributed by atoms with Crippen LogP contribution in [0.3, 0.4) is 0 Å². The summed E-state index contributed by atoms with van der Waals surface area (Å²) in [7, 11) is 0. The van der Waals surface area contributed by atoms with Gasteiger partial charge in [-0.15, -0.1) is 0 Å². The van der Waals surface area contributed by atoms with Gasteiger partial charge < -0.3 is 19.5 Å². The van der Waals surface area contributed by atoms with Gasteiger partial charge in [0.2, 0.25) is 5.88 Å². The van der Waals surface area contributed by atoms with Crippen LogP contribution in [0.2, 0.25) is 0 Å². The summed E-state index contributed by atoms with van der Waals surface area (Å²) < 4.78 is 17.7. The molecule has 0 amide bonds. The van der Waals surface area contributed by atoms with Crippen molar-refractivity contribution in [2.75, 3.05) is 19.6 Å². The lowest BCUT2D eigenvalue weighted by atomic mass is 10.1. The molecule has 3 aliphatic heterocycles. The third-order valence-corrected chi connectivity index (χ3v) is 4.55. The number of ether oxygens (including phenoxy) is 3. The number of epoxide rings is 1. The molecule has 4 rings (SSSR count). The quantitative estimate of drug-likeness (QED) is 0.826. The van der Waals surface area contributed by atoms with Crippen LogP contribution in [0, 0.1) is 0 Å².